The normalized spacial score (nSPS) is 10.5. The van der Waals surface area contributed by atoms with Crippen LogP contribution >= 0.6 is 0 Å². The van der Waals surface area contributed by atoms with Crippen LogP contribution in [0, 0.1) is 31.0 Å². The van der Waals surface area contributed by atoms with Gasteiger partial charge in [0.1, 0.15) is 17.7 Å². The van der Waals surface area contributed by atoms with Gasteiger partial charge >= 0.3 is 0 Å². The van der Waals surface area contributed by atoms with Gasteiger partial charge in [0.15, 0.2) is 0 Å². The summed E-state index contributed by atoms with van der Waals surface area (Å²) in [5, 5.41) is 12.6. The van der Waals surface area contributed by atoms with Crippen LogP contribution in [0.4, 0.5) is 15.9 Å². The van der Waals surface area contributed by atoms with Gasteiger partial charge in [-0.05, 0) is 56.2 Å². The zero-order chi connectivity index (χ0) is 21.7. The first-order chi connectivity index (χ1) is 14.4. The third-order valence-electron chi connectivity index (χ3n) is 5.29. The van der Waals surface area contributed by atoms with E-state index in [0.29, 0.717) is 24.5 Å². The first-order valence-electron chi connectivity index (χ1n) is 9.88. The molecule has 0 aliphatic heterocycles. The molecule has 0 radical (unpaired) electrons. The summed E-state index contributed by atoms with van der Waals surface area (Å²) in [4.78, 5) is 14.8. The van der Waals surface area contributed by atoms with Gasteiger partial charge in [0.2, 0.25) is 5.91 Å². The summed E-state index contributed by atoms with van der Waals surface area (Å²) >= 11 is 0. The first kappa shape index (κ1) is 21.1. The van der Waals surface area contributed by atoms with Gasteiger partial charge in [-0.3, -0.25) is 4.79 Å². The Morgan fingerprint density at radius 2 is 1.80 bits per heavy atom. The van der Waals surface area contributed by atoms with E-state index in [1.807, 2.05) is 60.6 Å². The highest BCUT2D eigenvalue weighted by atomic mass is 19.1. The van der Waals surface area contributed by atoms with Crippen molar-refractivity contribution in [2.75, 3.05) is 23.3 Å². The van der Waals surface area contributed by atoms with Crippen molar-refractivity contribution in [1.29, 1.82) is 5.26 Å². The molecule has 0 unspecified atom stereocenters. The molecule has 30 heavy (non-hydrogen) atoms. The Kier molecular flexibility index (Phi) is 6.53. The summed E-state index contributed by atoms with van der Waals surface area (Å²) in [5.41, 5.74) is 4.01. The molecule has 0 atom stereocenters. The molecule has 3 aromatic rings. The number of hydrogen-bond acceptors (Lipinski definition) is 3. The van der Waals surface area contributed by atoms with Gasteiger partial charge in [0, 0.05) is 24.5 Å². The van der Waals surface area contributed by atoms with E-state index in [0.717, 1.165) is 22.5 Å². The number of likely N-dealkylation sites (N-methyl/N-ethyl adjacent to an activating group) is 1. The number of hydrogen-bond donors (Lipinski definition) is 1. The summed E-state index contributed by atoms with van der Waals surface area (Å²) in [7, 11) is 0. The molecule has 0 saturated heterocycles. The lowest BCUT2D eigenvalue weighted by atomic mass is 10.2. The number of halogens is 1. The van der Waals surface area contributed by atoms with E-state index in [1.165, 1.54) is 12.1 Å². The number of rotatable bonds is 7. The van der Waals surface area contributed by atoms with Gasteiger partial charge < -0.3 is 14.8 Å². The predicted molar refractivity (Wildman–Crippen MR) is 117 cm³/mol. The molecule has 6 heteroatoms. The van der Waals surface area contributed by atoms with Crippen molar-refractivity contribution in [3.63, 3.8) is 0 Å². The molecule has 0 aliphatic carbocycles. The number of nitriles is 1. The van der Waals surface area contributed by atoms with Crippen LogP contribution in [-0.2, 0) is 11.3 Å². The lowest BCUT2D eigenvalue weighted by Gasteiger charge is -2.23. The molecule has 2 aromatic carbocycles. The predicted octanol–water partition coefficient (Wildman–Crippen LogP) is 4.63. The smallest absolute Gasteiger partial charge is 0.245 e. The minimum absolute atomic E-state index is 0.172. The number of amides is 1. The van der Waals surface area contributed by atoms with Crippen molar-refractivity contribution in [1.82, 2.24) is 4.57 Å². The molecule has 0 aliphatic rings. The molecule has 3 rings (SSSR count). The highest BCUT2D eigenvalue weighted by Crippen LogP contribution is 2.27. The lowest BCUT2D eigenvalue weighted by molar-refractivity contribution is -0.115. The summed E-state index contributed by atoms with van der Waals surface area (Å²) in [5.74, 6) is -0.0213. The molecule has 0 bridgehead atoms. The van der Waals surface area contributed by atoms with Crippen LogP contribution in [0.5, 0.6) is 0 Å². The van der Waals surface area contributed by atoms with Crippen molar-refractivity contribution >= 4 is 17.4 Å². The van der Waals surface area contributed by atoms with Crippen molar-refractivity contribution in [2.24, 2.45) is 0 Å². The van der Waals surface area contributed by atoms with Crippen molar-refractivity contribution in [3.8, 4) is 6.07 Å². The van der Waals surface area contributed by atoms with Gasteiger partial charge in [-0.2, -0.15) is 5.26 Å². The van der Waals surface area contributed by atoms with E-state index in [-0.39, 0.29) is 18.3 Å². The SMILES string of the molecule is CCN(CC(=O)Nc1c(C#N)c(C)c(C)n1Cc1ccc(F)cc1)c1ccccc1. The standard InChI is InChI=1S/C24H25FN4O/c1-4-28(21-8-6-5-7-9-21)16-23(30)27-24-22(14-26)17(2)18(3)29(24)15-19-10-12-20(25)13-11-19/h5-13H,4,15-16H2,1-3H3,(H,27,30). The third kappa shape index (κ3) is 4.52. The first-order valence-corrected chi connectivity index (χ1v) is 9.88. The quantitative estimate of drug-likeness (QED) is 0.625. The van der Waals surface area contributed by atoms with E-state index in [9.17, 15) is 14.4 Å². The lowest BCUT2D eigenvalue weighted by Crippen LogP contribution is -2.33. The number of anilines is 2. The second-order valence-electron chi connectivity index (χ2n) is 7.16. The van der Waals surface area contributed by atoms with Crippen LogP contribution in [0.25, 0.3) is 0 Å². The largest absolute Gasteiger partial charge is 0.362 e. The number of nitrogens with one attached hydrogen (secondary N) is 1. The minimum Gasteiger partial charge on any atom is -0.362 e. The van der Waals surface area contributed by atoms with E-state index in [4.69, 9.17) is 0 Å². The molecule has 1 amide bonds. The number of nitrogens with zero attached hydrogens (tertiary/aromatic N) is 3. The molecule has 154 valence electrons. The Hall–Kier alpha value is -3.59. The fourth-order valence-corrected chi connectivity index (χ4v) is 3.47. The van der Waals surface area contributed by atoms with Gasteiger partial charge in [-0.15, -0.1) is 0 Å². The maximum atomic E-state index is 13.3. The molecular weight excluding hydrogens is 379 g/mol. The summed E-state index contributed by atoms with van der Waals surface area (Å²) < 4.78 is 15.2. The Bertz CT molecular complexity index is 1070. The average Bonchev–Trinajstić information content (AvgIpc) is 2.97. The zero-order valence-corrected chi connectivity index (χ0v) is 17.4. The van der Waals surface area contributed by atoms with Crippen LogP contribution in [0.1, 0.15) is 29.3 Å². The second kappa shape index (κ2) is 9.27. The Labute approximate surface area is 176 Å². The molecule has 5 nitrogen and oxygen atoms in total. The molecular formula is C24H25FN4O. The molecule has 1 aromatic heterocycles. The maximum Gasteiger partial charge on any atom is 0.245 e. The maximum absolute atomic E-state index is 13.3. The molecule has 1 heterocycles. The van der Waals surface area contributed by atoms with Gasteiger partial charge in [0.25, 0.3) is 0 Å². The van der Waals surface area contributed by atoms with Crippen molar-refractivity contribution in [3.05, 3.63) is 82.8 Å². The Morgan fingerprint density at radius 1 is 1.13 bits per heavy atom. The van der Waals surface area contributed by atoms with Crippen LogP contribution in [0.3, 0.4) is 0 Å². The fraction of sp³-hybridized carbons (Fsp3) is 0.250. The van der Waals surface area contributed by atoms with Crippen LogP contribution in [0.2, 0.25) is 0 Å². The van der Waals surface area contributed by atoms with E-state index < -0.39 is 0 Å². The number of para-hydroxylation sites is 1. The molecule has 0 fully saturated rings. The number of carbonyl (C=O) groups excluding carboxylic acids is 1. The number of carbonyl (C=O) groups is 1. The highest BCUT2D eigenvalue weighted by molar-refractivity contribution is 5.95. The number of benzene rings is 2. The Balaban J connectivity index is 1.87. The Morgan fingerprint density at radius 3 is 2.40 bits per heavy atom. The van der Waals surface area contributed by atoms with Crippen LogP contribution in [0.15, 0.2) is 54.6 Å². The number of aromatic nitrogens is 1. The van der Waals surface area contributed by atoms with Gasteiger partial charge in [-0.1, -0.05) is 30.3 Å². The average molecular weight is 404 g/mol. The monoisotopic (exact) mass is 404 g/mol. The summed E-state index contributed by atoms with van der Waals surface area (Å²) in [6, 6.07) is 18.2. The van der Waals surface area contributed by atoms with E-state index in [2.05, 4.69) is 11.4 Å². The van der Waals surface area contributed by atoms with Crippen LogP contribution in [-0.4, -0.2) is 23.6 Å². The van der Waals surface area contributed by atoms with E-state index >= 15 is 0 Å². The molecule has 0 saturated carbocycles. The highest BCUT2D eigenvalue weighted by Gasteiger charge is 2.20. The van der Waals surface area contributed by atoms with Gasteiger partial charge in [-0.25, -0.2) is 4.39 Å². The molecule has 0 spiro atoms. The topological polar surface area (TPSA) is 61.1 Å². The fourth-order valence-electron chi connectivity index (χ4n) is 3.47. The zero-order valence-electron chi connectivity index (χ0n) is 17.4. The van der Waals surface area contributed by atoms with Gasteiger partial charge in [0.05, 0.1) is 12.1 Å². The molecule has 1 N–H and O–H groups in total. The van der Waals surface area contributed by atoms with Crippen molar-refractivity contribution < 1.29 is 9.18 Å². The van der Waals surface area contributed by atoms with Crippen molar-refractivity contribution in [2.45, 2.75) is 27.3 Å². The second-order valence-corrected chi connectivity index (χ2v) is 7.16. The third-order valence-corrected chi connectivity index (χ3v) is 5.29. The summed E-state index contributed by atoms with van der Waals surface area (Å²) in [6.45, 7) is 7.06. The van der Waals surface area contributed by atoms with E-state index in [1.54, 1.807) is 12.1 Å². The summed E-state index contributed by atoms with van der Waals surface area (Å²) in [6.07, 6.45) is 0. The van der Waals surface area contributed by atoms with Crippen LogP contribution < -0.4 is 10.2 Å². The minimum atomic E-state index is -0.300.